The zero-order valence-electron chi connectivity index (χ0n) is 22.5. The van der Waals surface area contributed by atoms with Crippen molar-refractivity contribution in [3.8, 4) is 11.4 Å². The van der Waals surface area contributed by atoms with Crippen molar-refractivity contribution in [2.75, 3.05) is 48.5 Å². The highest BCUT2D eigenvalue weighted by Crippen LogP contribution is 2.29. The molecule has 0 radical (unpaired) electrons. The summed E-state index contributed by atoms with van der Waals surface area (Å²) in [7, 11) is 0. The smallest absolute Gasteiger partial charge is 0.323 e. The van der Waals surface area contributed by atoms with Gasteiger partial charge in [0.05, 0.1) is 25.4 Å². The molecule has 2 aliphatic heterocycles. The van der Waals surface area contributed by atoms with Crippen LogP contribution < -0.4 is 15.5 Å². The van der Waals surface area contributed by atoms with Gasteiger partial charge in [0.25, 0.3) is 0 Å². The summed E-state index contributed by atoms with van der Waals surface area (Å²) in [5, 5.41) is 15.2. The predicted octanol–water partition coefficient (Wildman–Crippen LogP) is 4.23. The molecule has 2 aliphatic rings. The van der Waals surface area contributed by atoms with Gasteiger partial charge in [-0.15, -0.1) is 0 Å². The third-order valence-corrected chi connectivity index (χ3v) is 7.00. The summed E-state index contributed by atoms with van der Waals surface area (Å²) in [5.41, 5.74) is 3.19. The molecule has 2 fully saturated rings. The number of anilines is 3. The van der Waals surface area contributed by atoms with E-state index < -0.39 is 6.10 Å². The minimum Gasteiger partial charge on any atom is -0.393 e. The fourth-order valence-electron chi connectivity index (χ4n) is 4.86. The van der Waals surface area contributed by atoms with E-state index in [1.807, 2.05) is 48.5 Å². The molecule has 5 rings (SSSR count). The van der Waals surface area contributed by atoms with Gasteiger partial charge in [0.2, 0.25) is 5.95 Å². The highest BCUT2D eigenvalue weighted by Gasteiger charge is 2.26. The van der Waals surface area contributed by atoms with Gasteiger partial charge in [-0.3, -0.25) is 0 Å². The second kappa shape index (κ2) is 12.5. The Bertz CT molecular complexity index is 1250. The molecule has 2 amide bonds. The molecule has 206 valence electrons. The van der Waals surface area contributed by atoms with Crippen LogP contribution in [0.4, 0.5) is 22.1 Å². The van der Waals surface area contributed by atoms with E-state index >= 15 is 0 Å². The molecular weight excluding hydrogens is 496 g/mol. The number of aliphatic hydroxyl groups is 1. The van der Waals surface area contributed by atoms with Crippen molar-refractivity contribution in [2.24, 2.45) is 0 Å². The van der Waals surface area contributed by atoms with E-state index in [-0.39, 0.29) is 18.0 Å². The van der Waals surface area contributed by atoms with E-state index in [1.165, 1.54) is 0 Å². The Kier molecular flexibility index (Phi) is 8.65. The number of rotatable bonds is 7. The van der Waals surface area contributed by atoms with Crippen LogP contribution in [0.2, 0.25) is 0 Å². The van der Waals surface area contributed by atoms with Crippen molar-refractivity contribution in [1.29, 1.82) is 0 Å². The second-order valence-electron chi connectivity index (χ2n) is 10.2. The van der Waals surface area contributed by atoms with Crippen LogP contribution in [0.25, 0.3) is 11.4 Å². The summed E-state index contributed by atoms with van der Waals surface area (Å²) in [5.74, 6) is 2.34. The van der Waals surface area contributed by atoms with Crippen LogP contribution >= 0.6 is 0 Å². The maximum absolute atomic E-state index is 12.5. The summed E-state index contributed by atoms with van der Waals surface area (Å²) in [4.78, 5) is 29.3. The van der Waals surface area contributed by atoms with E-state index in [1.54, 1.807) is 6.92 Å². The van der Waals surface area contributed by atoms with Gasteiger partial charge in [0.1, 0.15) is 5.82 Å². The molecular formula is C29H36N6O4. The number of morpholine rings is 1. The van der Waals surface area contributed by atoms with Gasteiger partial charge < -0.3 is 30.1 Å². The minimum atomic E-state index is -0.407. The first kappa shape index (κ1) is 27.0. The summed E-state index contributed by atoms with van der Waals surface area (Å²) >= 11 is 0. The maximum Gasteiger partial charge on any atom is 0.323 e. The predicted molar refractivity (Wildman–Crippen MR) is 150 cm³/mol. The number of ether oxygens (including phenoxy) is 2. The van der Waals surface area contributed by atoms with E-state index in [0.29, 0.717) is 56.0 Å². The lowest BCUT2D eigenvalue weighted by Crippen LogP contribution is -2.44. The lowest BCUT2D eigenvalue weighted by molar-refractivity contribution is 0.0834. The lowest BCUT2D eigenvalue weighted by atomic mass is 9.99. The van der Waals surface area contributed by atoms with Crippen molar-refractivity contribution in [2.45, 2.75) is 51.2 Å². The molecule has 39 heavy (non-hydrogen) atoms. The monoisotopic (exact) mass is 532 g/mol. The summed E-state index contributed by atoms with van der Waals surface area (Å²) in [6, 6.07) is 14.8. The van der Waals surface area contributed by atoms with Crippen LogP contribution in [0, 0.1) is 0 Å². The lowest BCUT2D eigenvalue weighted by Gasteiger charge is -2.34. The number of hydrogen-bond acceptors (Lipinski definition) is 8. The van der Waals surface area contributed by atoms with Crippen molar-refractivity contribution < 1.29 is 19.4 Å². The number of hydrogen-bond donors (Lipinski definition) is 3. The van der Waals surface area contributed by atoms with Crippen LogP contribution in [0.1, 0.15) is 44.0 Å². The van der Waals surface area contributed by atoms with Crippen LogP contribution in [0.5, 0.6) is 0 Å². The van der Waals surface area contributed by atoms with Gasteiger partial charge in [0.15, 0.2) is 5.82 Å². The number of aliphatic hydroxyl groups excluding tert-OH is 1. The van der Waals surface area contributed by atoms with Gasteiger partial charge >= 0.3 is 6.03 Å². The highest BCUT2D eigenvalue weighted by atomic mass is 16.5. The SMILES string of the molecule is CC(O)Cc1ccc(NC(=O)Nc2ccc(-c3nc(C4CCOCC4)nc(N4CCOC[C@H]4C)n3)cc2)cc1. The Morgan fingerprint density at radius 2 is 1.64 bits per heavy atom. The third-order valence-electron chi connectivity index (χ3n) is 7.00. The molecule has 0 spiro atoms. The van der Waals surface area contributed by atoms with E-state index in [0.717, 1.165) is 36.3 Å². The number of carbonyl (C=O) groups excluding carboxylic acids is 1. The Balaban J connectivity index is 1.30. The largest absolute Gasteiger partial charge is 0.393 e. The average Bonchev–Trinajstić information content (AvgIpc) is 2.95. The van der Waals surface area contributed by atoms with E-state index in [2.05, 4.69) is 22.5 Å². The van der Waals surface area contributed by atoms with Gasteiger partial charge in [-0.05, 0) is 75.1 Å². The van der Waals surface area contributed by atoms with Gasteiger partial charge in [-0.25, -0.2) is 9.78 Å². The van der Waals surface area contributed by atoms with Crippen LogP contribution in [-0.2, 0) is 15.9 Å². The number of aromatic nitrogens is 3. The number of carbonyl (C=O) groups is 1. The average molecular weight is 533 g/mol. The first-order valence-corrected chi connectivity index (χ1v) is 13.6. The molecule has 0 aliphatic carbocycles. The van der Waals surface area contributed by atoms with Crippen molar-refractivity contribution in [3.05, 3.63) is 59.9 Å². The van der Waals surface area contributed by atoms with Crippen molar-refractivity contribution >= 4 is 23.4 Å². The molecule has 1 aromatic heterocycles. The Labute approximate surface area is 228 Å². The van der Waals surface area contributed by atoms with Crippen molar-refractivity contribution in [1.82, 2.24) is 15.0 Å². The van der Waals surface area contributed by atoms with Gasteiger partial charge in [0, 0.05) is 42.6 Å². The number of urea groups is 1. The summed E-state index contributed by atoms with van der Waals surface area (Å²) < 4.78 is 11.2. The fourth-order valence-corrected chi connectivity index (χ4v) is 4.86. The number of nitrogens with zero attached hydrogens (tertiary/aromatic N) is 4. The van der Waals surface area contributed by atoms with Gasteiger partial charge in [-0.1, -0.05) is 12.1 Å². The van der Waals surface area contributed by atoms with Gasteiger partial charge in [-0.2, -0.15) is 9.97 Å². The first-order valence-electron chi connectivity index (χ1n) is 13.6. The van der Waals surface area contributed by atoms with Crippen LogP contribution in [0.3, 0.4) is 0 Å². The van der Waals surface area contributed by atoms with E-state index in [9.17, 15) is 9.90 Å². The fraction of sp³-hybridized carbons (Fsp3) is 0.448. The molecule has 10 heteroatoms. The van der Waals surface area contributed by atoms with E-state index in [4.69, 9.17) is 24.4 Å². The minimum absolute atomic E-state index is 0.177. The maximum atomic E-state index is 12.5. The topological polar surface area (TPSA) is 122 Å². The third kappa shape index (κ3) is 7.08. The molecule has 3 aromatic rings. The molecule has 0 bridgehead atoms. The molecule has 2 saturated heterocycles. The Hall–Kier alpha value is -3.60. The first-order chi connectivity index (χ1) is 18.9. The molecule has 2 atom stereocenters. The Morgan fingerprint density at radius 3 is 2.28 bits per heavy atom. The number of benzene rings is 2. The quantitative estimate of drug-likeness (QED) is 0.413. The molecule has 3 N–H and O–H groups in total. The van der Waals surface area contributed by atoms with Crippen molar-refractivity contribution in [3.63, 3.8) is 0 Å². The molecule has 1 unspecified atom stereocenters. The van der Waals surface area contributed by atoms with Crippen LogP contribution in [0.15, 0.2) is 48.5 Å². The molecule has 10 nitrogen and oxygen atoms in total. The summed E-state index contributed by atoms with van der Waals surface area (Å²) in [6.07, 6.45) is 1.95. The molecule has 2 aromatic carbocycles. The highest BCUT2D eigenvalue weighted by molar-refractivity contribution is 5.99. The normalized spacial score (nSPS) is 18.9. The van der Waals surface area contributed by atoms with Crippen LogP contribution in [-0.4, -0.2) is 71.2 Å². The zero-order chi connectivity index (χ0) is 27.2. The zero-order valence-corrected chi connectivity index (χ0v) is 22.5. The standard InChI is InChI=1S/C29H36N6O4/c1-19-18-39-16-13-35(19)28-33-26(32-27(34-28)23-11-14-38-15-12-23)22-5-9-25(10-6-22)31-29(37)30-24-7-3-21(4-8-24)17-20(2)36/h3-10,19-20,23,36H,11-18H2,1-2H3,(H2,30,31,37)/t19-,20?/m1/s1. The second-order valence-corrected chi connectivity index (χ2v) is 10.2. The molecule has 0 saturated carbocycles. The summed E-state index contributed by atoms with van der Waals surface area (Å²) in [6.45, 7) is 7.31. The Morgan fingerprint density at radius 1 is 0.974 bits per heavy atom. The number of amides is 2. The number of nitrogens with one attached hydrogen (secondary N) is 2. The molecule has 3 heterocycles.